The number of rotatable bonds is 15. The van der Waals surface area contributed by atoms with Crippen LogP contribution >= 0.6 is 0 Å². The van der Waals surface area contributed by atoms with Gasteiger partial charge in [-0.2, -0.15) is 0 Å². The van der Waals surface area contributed by atoms with Crippen molar-refractivity contribution in [2.45, 2.75) is 143 Å². The third-order valence-corrected chi connectivity index (χ3v) is 13.5. The number of likely N-dealkylation sites (tertiary alicyclic amines) is 1. The summed E-state index contributed by atoms with van der Waals surface area (Å²) >= 11 is 0. The number of fused-ring (bicyclic) bond motifs is 1. The van der Waals surface area contributed by atoms with Crippen molar-refractivity contribution in [3.05, 3.63) is 0 Å². The predicted molar refractivity (Wildman–Crippen MR) is 187 cm³/mol. The molecule has 13 nitrogen and oxygen atoms in total. The second kappa shape index (κ2) is 14.9. The first kappa shape index (κ1) is 39.1. The number of hydrogen-bond donors (Lipinski definition) is 4. The highest BCUT2D eigenvalue weighted by Crippen LogP contribution is 2.65. The number of sulfonamides is 1. The summed E-state index contributed by atoms with van der Waals surface area (Å²) < 4.78 is 28.1. The van der Waals surface area contributed by atoms with Gasteiger partial charge in [0.05, 0.1) is 17.3 Å². The van der Waals surface area contributed by atoms with Crippen molar-refractivity contribution in [2.24, 2.45) is 22.7 Å². The number of ketones is 1. The van der Waals surface area contributed by atoms with Gasteiger partial charge in [0.2, 0.25) is 27.6 Å². The first-order valence-corrected chi connectivity index (χ1v) is 19.9. The minimum Gasteiger partial charge on any atom is -0.347 e. The lowest BCUT2D eigenvalue weighted by molar-refractivity contribution is -0.145. The van der Waals surface area contributed by atoms with E-state index in [1.54, 1.807) is 13.8 Å². The van der Waals surface area contributed by atoms with Crippen LogP contribution in [0.5, 0.6) is 0 Å². The van der Waals surface area contributed by atoms with Crippen molar-refractivity contribution in [1.29, 1.82) is 0 Å². The van der Waals surface area contributed by atoms with Crippen LogP contribution in [0, 0.1) is 22.7 Å². The van der Waals surface area contributed by atoms with Crippen molar-refractivity contribution < 1.29 is 32.4 Å². The van der Waals surface area contributed by atoms with Gasteiger partial charge in [-0.3, -0.25) is 19.2 Å². The number of carbonyl (C=O) groups excluding carboxylic acids is 5. The zero-order valence-corrected chi connectivity index (χ0v) is 31.6. The Bertz CT molecular complexity index is 1380. The lowest BCUT2D eigenvalue weighted by Gasteiger charge is -2.41. The summed E-state index contributed by atoms with van der Waals surface area (Å²) in [7, 11) is -3.65. The van der Waals surface area contributed by atoms with Crippen molar-refractivity contribution in [3.8, 4) is 0 Å². The molecule has 0 radical (unpaired) electrons. The number of nitrogens with zero attached hydrogens (tertiary/aromatic N) is 2. The van der Waals surface area contributed by atoms with Gasteiger partial charge < -0.3 is 26.2 Å². The summed E-state index contributed by atoms with van der Waals surface area (Å²) in [6.07, 6.45) is 6.06. The summed E-state index contributed by atoms with van der Waals surface area (Å²) in [4.78, 5) is 69.5. The van der Waals surface area contributed by atoms with E-state index < -0.39 is 68.6 Å². The first-order chi connectivity index (χ1) is 22.8. The molecule has 49 heavy (non-hydrogen) atoms. The highest BCUT2D eigenvalue weighted by atomic mass is 32.2. The van der Waals surface area contributed by atoms with Crippen LogP contribution in [0.15, 0.2) is 0 Å². The van der Waals surface area contributed by atoms with Gasteiger partial charge in [-0.25, -0.2) is 17.5 Å². The monoisotopic (exact) mass is 708 g/mol. The van der Waals surface area contributed by atoms with E-state index in [0.717, 1.165) is 32.1 Å². The Morgan fingerprint density at radius 2 is 1.55 bits per heavy atom. The van der Waals surface area contributed by atoms with Crippen LogP contribution in [0.1, 0.15) is 113 Å². The molecule has 5 amide bonds. The largest absolute Gasteiger partial charge is 0.347 e. The Kier molecular flexibility index (Phi) is 11.8. The fourth-order valence-corrected chi connectivity index (χ4v) is 10.1. The van der Waals surface area contributed by atoms with Gasteiger partial charge in [0.1, 0.15) is 12.1 Å². The molecule has 4 aliphatic rings. The lowest BCUT2D eigenvalue weighted by atomic mass is 9.83. The molecule has 4 fully saturated rings. The van der Waals surface area contributed by atoms with Crippen molar-refractivity contribution in [3.63, 3.8) is 0 Å². The SMILES string of the molecule is CCC[C@H](NC(=O)[C@@H]1[C@@H]2[C@H](CN1C(=O)[C@@H](NC(=O)NC1(CS(=O)(=O)N(CC)CC)CCCCC1)C(C)(C)C)C2(C)C)C(=O)C(=O)NC1CC1. The maximum absolute atomic E-state index is 14.4. The van der Waals surface area contributed by atoms with E-state index in [0.29, 0.717) is 45.3 Å². The van der Waals surface area contributed by atoms with Gasteiger partial charge >= 0.3 is 6.03 Å². The van der Waals surface area contributed by atoms with Gasteiger partial charge in [-0.05, 0) is 54.8 Å². The number of Topliss-reactive ketones (excluding diaryl/α,β-unsaturated/α-hetero) is 1. The van der Waals surface area contributed by atoms with Crippen LogP contribution < -0.4 is 21.3 Å². The maximum Gasteiger partial charge on any atom is 0.315 e. The minimum atomic E-state index is -3.65. The number of carbonyl (C=O) groups is 5. The molecule has 1 aliphatic heterocycles. The number of hydrogen-bond acceptors (Lipinski definition) is 7. The van der Waals surface area contributed by atoms with E-state index in [-0.39, 0.29) is 29.0 Å². The van der Waals surface area contributed by atoms with E-state index in [4.69, 9.17) is 0 Å². The molecular weight excluding hydrogens is 648 g/mol. The second-order valence-corrected chi connectivity index (χ2v) is 18.4. The van der Waals surface area contributed by atoms with Gasteiger partial charge in [-0.15, -0.1) is 0 Å². The van der Waals surface area contributed by atoms with E-state index in [2.05, 4.69) is 35.1 Å². The number of piperidine rings is 1. The third-order valence-electron chi connectivity index (χ3n) is 11.2. The van der Waals surface area contributed by atoms with Gasteiger partial charge in [0, 0.05) is 25.7 Å². The topological polar surface area (TPSA) is 174 Å². The van der Waals surface area contributed by atoms with Gasteiger partial charge in [-0.1, -0.05) is 81.1 Å². The molecule has 0 unspecified atom stereocenters. The summed E-state index contributed by atoms with van der Waals surface area (Å²) in [6, 6.07) is -3.52. The van der Waals surface area contributed by atoms with E-state index in [9.17, 15) is 32.4 Å². The summed E-state index contributed by atoms with van der Waals surface area (Å²) in [6.45, 7) is 16.1. The van der Waals surface area contributed by atoms with Crippen LogP contribution in [0.25, 0.3) is 0 Å². The zero-order valence-electron chi connectivity index (χ0n) is 30.8. The Hall–Kier alpha value is -2.74. The molecule has 3 aliphatic carbocycles. The number of nitrogens with one attached hydrogen (secondary N) is 4. The summed E-state index contributed by atoms with van der Waals surface area (Å²) in [5, 5.41) is 11.4. The predicted octanol–water partition coefficient (Wildman–Crippen LogP) is 2.69. The minimum absolute atomic E-state index is 0.00389. The molecular formula is C35H60N6O7S. The smallest absolute Gasteiger partial charge is 0.315 e. The van der Waals surface area contributed by atoms with E-state index >= 15 is 0 Å². The molecule has 0 aromatic heterocycles. The fourth-order valence-electron chi connectivity index (χ4n) is 8.08. The Labute approximate surface area is 292 Å². The Morgan fingerprint density at radius 1 is 0.939 bits per heavy atom. The molecule has 4 N–H and O–H groups in total. The molecule has 3 saturated carbocycles. The van der Waals surface area contributed by atoms with Crippen LogP contribution in [-0.2, 0) is 29.2 Å². The lowest BCUT2D eigenvalue weighted by Crippen LogP contribution is -2.64. The molecule has 14 heteroatoms. The molecule has 0 aromatic carbocycles. The molecule has 1 heterocycles. The highest BCUT2D eigenvalue weighted by Gasteiger charge is 2.70. The Morgan fingerprint density at radius 3 is 2.08 bits per heavy atom. The van der Waals surface area contributed by atoms with Crippen LogP contribution in [-0.4, -0.2) is 102 Å². The van der Waals surface area contributed by atoms with Crippen LogP contribution in [0.3, 0.4) is 0 Å². The number of urea groups is 1. The number of amides is 5. The van der Waals surface area contributed by atoms with Crippen LogP contribution in [0.4, 0.5) is 4.79 Å². The molecule has 0 spiro atoms. The maximum atomic E-state index is 14.4. The van der Waals surface area contributed by atoms with Crippen molar-refractivity contribution in [2.75, 3.05) is 25.4 Å². The van der Waals surface area contributed by atoms with Crippen LogP contribution in [0.2, 0.25) is 0 Å². The van der Waals surface area contributed by atoms with E-state index in [1.807, 2.05) is 27.7 Å². The first-order valence-electron chi connectivity index (χ1n) is 18.3. The van der Waals surface area contributed by atoms with Gasteiger partial charge in [0.15, 0.2) is 0 Å². The molecule has 5 atom stereocenters. The summed E-state index contributed by atoms with van der Waals surface area (Å²) in [5.74, 6) is -2.56. The average Bonchev–Trinajstić information content (AvgIpc) is 3.86. The molecule has 4 rings (SSSR count). The fraction of sp³-hybridized carbons (Fsp3) is 0.857. The molecule has 1 saturated heterocycles. The molecule has 278 valence electrons. The molecule has 0 bridgehead atoms. The standard InChI is InChI=1S/C35H60N6O7S/c1-9-15-24(27(42)30(44)36-22-16-17-22)37-29(43)26-25-23(34(25,7)8)20-41(26)31(45)28(33(4,5)6)38-32(46)39-35(18-13-12-14-19-35)21-49(47,48)40(10-2)11-3/h22-26,28H,9-21H2,1-8H3,(H,36,44)(H,37,43)(H2,38,39,46)/t23-,24-,25-,26-,28+/m0/s1. The van der Waals surface area contributed by atoms with Crippen molar-refractivity contribution >= 4 is 39.6 Å². The zero-order chi connectivity index (χ0) is 36.5. The Balaban J connectivity index is 1.53. The highest BCUT2D eigenvalue weighted by molar-refractivity contribution is 7.89. The molecule has 0 aromatic rings. The van der Waals surface area contributed by atoms with E-state index in [1.165, 1.54) is 9.21 Å². The quantitative estimate of drug-likeness (QED) is 0.189. The van der Waals surface area contributed by atoms with Gasteiger partial charge in [0.25, 0.3) is 5.91 Å². The summed E-state index contributed by atoms with van der Waals surface area (Å²) in [5.41, 5.74) is -1.92. The third kappa shape index (κ3) is 8.77. The second-order valence-electron chi connectivity index (χ2n) is 16.4. The normalized spacial score (nSPS) is 25.5. The van der Waals surface area contributed by atoms with Crippen molar-refractivity contribution in [1.82, 2.24) is 30.5 Å². The average molecular weight is 709 g/mol.